The summed E-state index contributed by atoms with van der Waals surface area (Å²) in [5.41, 5.74) is -1.47. The van der Waals surface area contributed by atoms with Gasteiger partial charge < -0.3 is 5.32 Å². The Morgan fingerprint density at radius 2 is 2.07 bits per heavy atom. The van der Waals surface area contributed by atoms with Crippen molar-refractivity contribution in [3.63, 3.8) is 0 Å². The molecule has 0 aromatic rings. The molecule has 0 aromatic heterocycles. The zero-order valence-electron chi connectivity index (χ0n) is 8.90. The quantitative estimate of drug-likeness (QED) is 0.766. The lowest BCUT2D eigenvalue weighted by atomic mass is 10.1. The first-order chi connectivity index (χ1) is 6.99. The van der Waals surface area contributed by atoms with Gasteiger partial charge in [0.05, 0.1) is 0 Å². The summed E-state index contributed by atoms with van der Waals surface area (Å²) < 4.78 is 38.5. The number of hydrogen-bond donors (Lipinski definition) is 1. The molecule has 1 atom stereocenters. The van der Waals surface area contributed by atoms with Crippen LogP contribution in [0, 0.1) is 0 Å². The van der Waals surface area contributed by atoms with E-state index < -0.39 is 11.7 Å². The van der Waals surface area contributed by atoms with Crippen LogP contribution in [0.4, 0.5) is 13.2 Å². The van der Waals surface area contributed by atoms with E-state index in [0.717, 1.165) is 6.42 Å². The smallest absolute Gasteiger partial charge is 0.311 e. The van der Waals surface area contributed by atoms with E-state index in [2.05, 4.69) is 5.32 Å². The van der Waals surface area contributed by atoms with E-state index in [4.69, 9.17) is 0 Å². The molecule has 2 rings (SSSR count). The molecule has 88 valence electrons. The second-order valence-electron chi connectivity index (χ2n) is 4.53. The Balaban J connectivity index is 2.04. The summed E-state index contributed by atoms with van der Waals surface area (Å²) in [5, 5.41) is 3.24. The van der Waals surface area contributed by atoms with Crippen LogP contribution >= 0.6 is 0 Å². The molecule has 2 nitrogen and oxygen atoms in total. The van der Waals surface area contributed by atoms with Gasteiger partial charge in [-0.05, 0) is 19.3 Å². The van der Waals surface area contributed by atoms with E-state index in [1.165, 1.54) is 0 Å². The van der Waals surface area contributed by atoms with Crippen molar-refractivity contribution in [3.8, 4) is 0 Å². The molecule has 5 heteroatoms. The van der Waals surface area contributed by atoms with Gasteiger partial charge in [-0.25, -0.2) is 0 Å². The van der Waals surface area contributed by atoms with Crippen LogP contribution in [0.5, 0.6) is 0 Å². The molecule has 15 heavy (non-hydrogen) atoms. The van der Waals surface area contributed by atoms with Crippen LogP contribution in [0.1, 0.15) is 26.2 Å². The van der Waals surface area contributed by atoms with Gasteiger partial charge >= 0.3 is 6.18 Å². The van der Waals surface area contributed by atoms with E-state index in [1.54, 1.807) is 4.90 Å². The van der Waals surface area contributed by atoms with Crippen LogP contribution in [-0.4, -0.2) is 42.3 Å². The number of nitrogens with zero attached hydrogens (tertiary/aromatic N) is 1. The number of piperazine rings is 1. The van der Waals surface area contributed by atoms with Gasteiger partial charge in [0.1, 0.15) is 5.54 Å². The van der Waals surface area contributed by atoms with Gasteiger partial charge in [0.25, 0.3) is 0 Å². The highest BCUT2D eigenvalue weighted by molar-refractivity contribution is 5.10. The Morgan fingerprint density at radius 1 is 1.40 bits per heavy atom. The lowest BCUT2D eigenvalue weighted by molar-refractivity contribution is -0.199. The average molecular weight is 222 g/mol. The van der Waals surface area contributed by atoms with Crippen molar-refractivity contribution in [2.24, 2.45) is 0 Å². The van der Waals surface area contributed by atoms with Crippen molar-refractivity contribution in [1.82, 2.24) is 10.2 Å². The van der Waals surface area contributed by atoms with Crippen molar-refractivity contribution >= 4 is 0 Å². The fourth-order valence-corrected chi connectivity index (χ4v) is 2.39. The molecule has 2 aliphatic rings. The fraction of sp³-hybridized carbons (Fsp3) is 1.00. The lowest BCUT2D eigenvalue weighted by Crippen LogP contribution is -2.58. The predicted octanol–water partition coefficient (Wildman–Crippen LogP) is 1.77. The topological polar surface area (TPSA) is 15.3 Å². The first-order valence-electron chi connectivity index (χ1n) is 5.55. The molecule has 1 aliphatic heterocycles. The first-order valence-corrected chi connectivity index (χ1v) is 5.55. The molecule has 0 radical (unpaired) electrons. The van der Waals surface area contributed by atoms with Crippen LogP contribution in [0.15, 0.2) is 0 Å². The van der Waals surface area contributed by atoms with Crippen molar-refractivity contribution < 1.29 is 13.2 Å². The molecule has 2 fully saturated rings. The first kappa shape index (κ1) is 11.2. The maximum Gasteiger partial charge on any atom is 0.406 e. The summed E-state index contributed by atoms with van der Waals surface area (Å²) in [7, 11) is 0. The SMILES string of the molecule is CCC1CN(C2(C(F)(F)F)CC2)CCN1. The lowest BCUT2D eigenvalue weighted by Gasteiger charge is -2.39. The van der Waals surface area contributed by atoms with Gasteiger partial charge in [0, 0.05) is 25.7 Å². The highest BCUT2D eigenvalue weighted by Crippen LogP contribution is 2.53. The molecule has 0 spiro atoms. The minimum atomic E-state index is -4.05. The van der Waals surface area contributed by atoms with Crippen LogP contribution < -0.4 is 5.32 Å². The summed E-state index contributed by atoms with van der Waals surface area (Å²) in [6.07, 6.45) is -2.59. The zero-order chi connectivity index (χ0) is 11.1. The highest BCUT2D eigenvalue weighted by atomic mass is 19.4. The van der Waals surface area contributed by atoms with Crippen LogP contribution in [-0.2, 0) is 0 Å². The third-order valence-electron chi connectivity index (χ3n) is 3.60. The molecule has 1 aliphatic carbocycles. The zero-order valence-corrected chi connectivity index (χ0v) is 8.90. The van der Waals surface area contributed by atoms with Crippen LogP contribution in [0.3, 0.4) is 0 Å². The minimum absolute atomic E-state index is 0.221. The summed E-state index contributed by atoms with van der Waals surface area (Å²) >= 11 is 0. The van der Waals surface area contributed by atoms with Crippen molar-refractivity contribution in [2.75, 3.05) is 19.6 Å². The third kappa shape index (κ3) is 1.87. The van der Waals surface area contributed by atoms with E-state index in [-0.39, 0.29) is 18.9 Å². The number of rotatable bonds is 2. The van der Waals surface area contributed by atoms with Gasteiger partial charge in [0.15, 0.2) is 0 Å². The van der Waals surface area contributed by atoms with Crippen molar-refractivity contribution in [2.45, 2.75) is 43.9 Å². The van der Waals surface area contributed by atoms with Gasteiger partial charge in [-0.1, -0.05) is 6.92 Å². The monoisotopic (exact) mass is 222 g/mol. The largest absolute Gasteiger partial charge is 0.406 e. The molecule has 0 aromatic carbocycles. The Labute approximate surface area is 87.8 Å². The molecular formula is C10H17F3N2. The maximum absolute atomic E-state index is 12.8. The summed E-state index contributed by atoms with van der Waals surface area (Å²) in [5.74, 6) is 0. The van der Waals surface area contributed by atoms with Gasteiger partial charge in [-0.3, -0.25) is 4.90 Å². The minimum Gasteiger partial charge on any atom is -0.311 e. The van der Waals surface area contributed by atoms with E-state index in [1.807, 2.05) is 6.92 Å². The predicted molar refractivity (Wildman–Crippen MR) is 51.7 cm³/mol. The molecule has 0 amide bonds. The third-order valence-corrected chi connectivity index (χ3v) is 3.60. The molecule has 0 bridgehead atoms. The maximum atomic E-state index is 12.8. The molecule has 1 N–H and O–H groups in total. The van der Waals surface area contributed by atoms with Crippen LogP contribution in [0.2, 0.25) is 0 Å². The van der Waals surface area contributed by atoms with Gasteiger partial charge in [-0.2, -0.15) is 13.2 Å². The van der Waals surface area contributed by atoms with Gasteiger partial charge in [-0.15, -0.1) is 0 Å². The molecular weight excluding hydrogens is 205 g/mol. The molecule has 1 saturated heterocycles. The fourth-order valence-electron chi connectivity index (χ4n) is 2.39. The number of halogens is 3. The Kier molecular flexibility index (Phi) is 2.71. The average Bonchev–Trinajstić information content (AvgIpc) is 2.97. The Hall–Kier alpha value is -0.290. The molecule has 1 unspecified atom stereocenters. The van der Waals surface area contributed by atoms with Crippen molar-refractivity contribution in [1.29, 1.82) is 0 Å². The number of hydrogen-bond acceptors (Lipinski definition) is 2. The highest BCUT2D eigenvalue weighted by Gasteiger charge is 2.66. The summed E-state index contributed by atoms with van der Waals surface area (Å²) in [6, 6.07) is 0.221. The number of nitrogens with one attached hydrogen (secondary N) is 1. The van der Waals surface area contributed by atoms with Gasteiger partial charge in [0.2, 0.25) is 0 Å². The summed E-state index contributed by atoms with van der Waals surface area (Å²) in [6.45, 7) is 3.75. The van der Waals surface area contributed by atoms with E-state index in [0.29, 0.717) is 19.6 Å². The standard InChI is InChI=1S/C10H17F3N2/c1-2-8-7-15(6-5-14-8)9(3-4-9)10(11,12)13/h8,14H,2-7H2,1H3. The number of alkyl halides is 3. The second kappa shape index (κ2) is 3.63. The van der Waals surface area contributed by atoms with Crippen LogP contribution in [0.25, 0.3) is 0 Å². The Bertz CT molecular complexity index is 235. The molecule has 1 heterocycles. The van der Waals surface area contributed by atoms with E-state index in [9.17, 15) is 13.2 Å². The normalized spacial score (nSPS) is 31.6. The Morgan fingerprint density at radius 3 is 2.53 bits per heavy atom. The second-order valence-corrected chi connectivity index (χ2v) is 4.53. The molecule has 1 saturated carbocycles. The van der Waals surface area contributed by atoms with E-state index >= 15 is 0 Å². The summed E-state index contributed by atoms with van der Waals surface area (Å²) in [4.78, 5) is 1.64. The van der Waals surface area contributed by atoms with Crippen molar-refractivity contribution in [3.05, 3.63) is 0 Å².